The molecule has 8 nitrogen and oxygen atoms in total. The lowest BCUT2D eigenvalue weighted by Gasteiger charge is -2.32. The summed E-state index contributed by atoms with van der Waals surface area (Å²) in [5, 5.41) is 3.70. The molecule has 3 aromatic rings. The fourth-order valence-corrected chi connectivity index (χ4v) is 5.06. The molecular formula is C25H30BrClN4O4. The number of benzene rings is 2. The van der Waals surface area contributed by atoms with Gasteiger partial charge in [-0.15, -0.1) is 12.4 Å². The molecule has 188 valence electrons. The molecular weight excluding hydrogens is 536 g/mol. The summed E-state index contributed by atoms with van der Waals surface area (Å²) in [7, 11) is 1.63. The van der Waals surface area contributed by atoms with Gasteiger partial charge in [-0.25, -0.2) is 4.98 Å². The quantitative estimate of drug-likeness (QED) is 0.469. The largest absolute Gasteiger partial charge is 0.497 e. The zero-order chi connectivity index (χ0) is 23.5. The maximum atomic E-state index is 12.5. The highest BCUT2D eigenvalue weighted by atomic mass is 79.9. The van der Waals surface area contributed by atoms with Crippen molar-refractivity contribution in [1.82, 2.24) is 19.8 Å². The van der Waals surface area contributed by atoms with Crippen molar-refractivity contribution in [1.29, 1.82) is 0 Å². The highest BCUT2D eigenvalue weighted by Crippen LogP contribution is 2.35. The van der Waals surface area contributed by atoms with Crippen molar-refractivity contribution in [3.05, 3.63) is 56.9 Å². The van der Waals surface area contributed by atoms with Gasteiger partial charge in [0, 0.05) is 36.2 Å². The Morgan fingerprint density at radius 1 is 1.11 bits per heavy atom. The Morgan fingerprint density at radius 2 is 1.86 bits per heavy atom. The van der Waals surface area contributed by atoms with Gasteiger partial charge >= 0.3 is 0 Å². The van der Waals surface area contributed by atoms with Crippen LogP contribution in [0.4, 0.5) is 0 Å². The Labute approximate surface area is 219 Å². The van der Waals surface area contributed by atoms with Gasteiger partial charge < -0.3 is 29.0 Å². The van der Waals surface area contributed by atoms with Gasteiger partial charge in [0.2, 0.25) is 0 Å². The number of fused-ring (bicyclic) bond motifs is 2. The fraction of sp³-hybridized carbons (Fsp3) is 0.440. The van der Waals surface area contributed by atoms with E-state index in [1.807, 2.05) is 24.3 Å². The number of rotatable bonds is 7. The number of nitrogens with one attached hydrogen (secondary N) is 1. The standard InChI is InChI=1S/C25H29BrN4O4.ClH/c1-32-19-2-3-21-22(13-19)30(25(31)16-28-21)9-8-29-6-4-18(5-7-29)27-15-17-12-23-24(14-20(17)26)34-11-10-33-23;/h2-3,12-14,16,18,27H,4-11,15H2,1H3;1H. The van der Waals surface area contributed by atoms with Crippen LogP contribution < -0.4 is 25.1 Å². The first-order valence-corrected chi connectivity index (χ1v) is 12.5. The average Bonchev–Trinajstić information content (AvgIpc) is 2.87. The molecule has 0 bridgehead atoms. The third-order valence-electron chi connectivity index (χ3n) is 6.57. The van der Waals surface area contributed by atoms with Crippen LogP contribution in [0, 0.1) is 0 Å². The molecule has 0 saturated carbocycles. The van der Waals surface area contributed by atoms with Gasteiger partial charge in [0.25, 0.3) is 5.56 Å². The Balaban J connectivity index is 0.00000289. The van der Waals surface area contributed by atoms with Crippen LogP contribution in [-0.4, -0.2) is 60.5 Å². The summed E-state index contributed by atoms with van der Waals surface area (Å²) in [6.07, 6.45) is 3.55. The molecule has 2 aromatic carbocycles. The van der Waals surface area contributed by atoms with Crippen LogP contribution in [0.3, 0.4) is 0 Å². The van der Waals surface area contributed by atoms with Gasteiger partial charge in [0.15, 0.2) is 11.5 Å². The fourth-order valence-electron chi connectivity index (χ4n) is 4.60. The summed E-state index contributed by atoms with van der Waals surface area (Å²) < 4.78 is 19.5. The van der Waals surface area contributed by atoms with Gasteiger partial charge in [-0.2, -0.15) is 0 Å². The number of methoxy groups -OCH3 is 1. The highest BCUT2D eigenvalue weighted by Gasteiger charge is 2.20. The summed E-state index contributed by atoms with van der Waals surface area (Å²) in [5.41, 5.74) is 2.70. The van der Waals surface area contributed by atoms with Crippen molar-refractivity contribution in [3.63, 3.8) is 0 Å². The summed E-state index contributed by atoms with van der Waals surface area (Å²) in [5.74, 6) is 2.34. The molecule has 2 aliphatic heterocycles. The Hall–Kier alpha value is -2.33. The molecule has 2 aliphatic rings. The zero-order valence-corrected chi connectivity index (χ0v) is 22.1. The second-order valence-electron chi connectivity index (χ2n) is 8.69. The molecule has 5 rings (SSSR count). The van der Waals surface area contributed by atoms with Crippen molar-refractivity contribution < 1.29 is 14.2 Å². The molecule has 35 heavy (non-hydrogen) atoms. The lowest BCUT2D eigenvalue weighted by atomic mass is 10.0. The van der Waals surface area contributed by atoms with Crippen LogP contribution in [0.15, 0.2) is 45.8 Å². The van der Waals surface area contributed by atoms with Crippen molar-refractivity contribution in [2.24, 2.45) is 0 Å². The van der Waals surface area contributed by atoms with E-state index in [-0.39, 0.29) is 18.0 Å². The first kappa shape index (κ1) is 25.8. The Bertz CT molecular complexity index is 1230. The van der Waals surface area contributed by atoms with Gasteiger partial charge in [-0.05, 0) is 55.8 Å². The van der Waals surface area contributed by atoms with E-state index in [0.717, 1.165) is 71.8 Å². The molecule has 10 heteroatoms. The van der Waals surface area contributed by atoms with Gasteiger partial charge in [-0.1, -0.05) is 15.9 Å². The van der Waals surface area contributed by atoms with E-state index in [1.165, 1.54) is 11.8 Å². The molecule has 0 radical (unpaired) electrons. The third kappa shape index (κ3) is 5.91. The molecule has 0 spiro atoms. The molecule has 3 heterocycles. The maximum absolute atomic E-state index is 12.5. The van der Waals surface area contributed by atoms with Gasteiger partial charge in [-0.3, -0.25) is 4.79 Å². The molecule has 0 aliphatic carbocycles. The minimum atomic E-state index is -0.0812. The Kier molecular flexibility index (Phi) is 8.54. The predicted octanol–water partition coefficient (Wildman–Crippen LogP) is 3.61. The van der Waals surface area contributed by atoms with Crippen molar-refractivity contribution in [3.8, 4) is 17.2 Å². The van der Waals surface area contributed by atoms with Gasteiger partial charge in [0.1, 0.15) is 19.0 Å². The SMILES string of the molecule is COc1ccc2ncc(=O)n(CCN3CCC(NCc4cc5c(cc4Br)OCCO5)CC3)c2c1.Cl. The number of nitrogens with zero attached hydrogens (tertiary/aromatic N) is 3. The molecule has 1 fully saturated rings. The predicted molar refractivity (Wildman–Crippen MR) is 141 cm³/mol. The molecule has 1 N–H and O–H groups in total. The maximum Gasteiger partial charge on any atom is 0.269 e. The number of piperidine rings is 1. The van der Waals surface area contributed by atoms with E-state index in [9.17, 15) is 4.79 Å². The van der Waals surface area contributed by atoms with Crippen LogP contribution >= 0.6 is 28.3 Å². The second-order valence-corrected chi connectivity index (χ2v) is 9.54. The third-order valence-corrected chi connectivity index (χ3v) is 7.31. The smallest absolute Gasteiger partial charge is 0.269 e. The monoisotopic (exact) mass is 564 g/mol. The van der Waals surface area contributed by atoms with E-state index >= 15 is 0 Å². The number of halogens is 2. The summed E-state index contributed by atoms with van der Waals surface area (Å²) >= 11 is 3.66. The molecule has 0 atom stereocenters. The zero-order valence-electron chi connectivity index (χ0n) is 19.7. The highest BCUT2D eigenvalue weighted by molar-refractivity contribution is 9.10. The van der Waals surface area contributed by atoms with Crippen LogP contribution in [0.2, 0.25) is 0 Å². The lowest BCUT2D eigenvalue weighted by molar-refractivity contribution is 0.171. The van der Waals surface area contributed by atoms with Crippen molar-refractivity contribution in [2.45, 2.75) is 32.0 Å². The van der Waals surface area contributed by atoms with Crippen molar-refractivity contribution >= 4 is 39.4 Å². The number of aromatic nitrogens is 2. The van der Waals surface area contributed by atoms with Crippen molar-refractivity contribution in [2.75, 3.05) is 40.0 Å². The summed E-state index contributed by atoms with van der Waals surface area (Å²) in [6.45, 7) is 5.43. The lowest BCUT2D eigenvalue weighted by Crippen LogP contribution is -2.43. The first-order chi connectivity index (χ1) is 16.6. The van der Waals surface area contributed by atoms with Crippen LogP contribution in [-0.2, 0) is 13.1 Å². The minimum Gasteiger partial charge on any atom is -0.497 e. The second kappa shape index (κ2) is 11.6. The number of ether oxygens (including phenoxy) is 3. The topological polar surface area (TPSA) is 77.9 Å². The van der Waals surface area contributed by atoms with E-state index in [2.05, 4.69) is 37.2 Å². The van der Waals surface area contributed by atoms with Crippen LogP contribution in [0.25, 0.3) is 11.0 Å². The van der Waals surface area contributed by atoms with Crippen LogP contribution in [0.1, 0.15) is 18.4 Å². The van der Waals surface area contributed by atoms with Crippen LogP contribution in [0.5, 0.6) is 17.2 Å². The number of hydrogen-bond acceptors (Lipinski definition) is 7. The van der Waals surface area contributed by atoms with E-state index in [0.29, 0.717) is 25.8 Å². The molecule has 0 unspecified atom stereocenters. The number of likely N-dealkylation sites (tertiary alicyclic amines) is 1. The summed E-state index contributed by atoms with van der Waals surface area (Å²) in [6, 6.07) is 10.2. The summed E-state index contributed by atoms with van der Waals surface area (Å²) in [4.78, 5) is 19.2. The first-order valence-electron chi connectivity index (χ1n) is 11.7. The molecule has 0 amide bonds. The minimum absolute atomic E-state index is 0. The van der Waals surface area contributed by atoms with E-state index in [1.54, 1.807) is 11.7 Å². The van der Waals surface area contributed by atoms with E-state index in [4.69, 9.17) is 14.2 Å². The van der Waals surface area contributed by atoms with Gasteiger partial charge in [0.05, 0.1) is 24.3 Å². The molecule has 1 aromatic heterocycles. The number of hydrogen-bond donors (Lipinski definition) is 1. The normalized spacial score (nSPS) is 16.2. The van der Waals surface area contributed by atoms with E-state index < -0.39 is 0 Å². The Morgan fingerprint density at radius 3 is 2.60 bits per heavy atom. The molecule has 1 saturated heterocycles. The average molecular weight is 566 g/mol.